The second-order valence-corrected chi connectivity index (χ2v) is 8.08. The summed E-state index contributed by atoms with van der Waals surface area (Å²) in [4.78, 5) is 0. The number of fused-ring (bicyclic) bond motifs is 3. The van der Waals surface area contributed by atoms with Gasteiger partial charge in [-0.25, -0.2) is 0 Å². The van der Waals surface area contributed by atoms with Gasteiger partial charge >= 0.3 is 0 Å². The van der Waals surface area contributed by atoms with Crippen molar-refractivity contribution in [3.8, 4) is 22.6 Å². The minimum atomic E-state index is 0.894. The van der Waals surface area contributed by atoms with Gasteiger partial charge in [0.15, 0.2) is 0 Å². The van der Waals surface area contributed by atoms with Crippen LogP contribution in [0.1, 0.15) is 11.1 Å². The first-order chi connectivity index (χ1) is 14.6. The molecule has 0 saturated carbocycles. The Balaban J connectivity index is 1.47. The molecule has 2 heteroatoms. The van der Waals surface area contributed by atoms with Crippen molar-refractivity contribution in [2.24, 2.45) is 0 Å². The van der Waals surface area contributed by atoms with Gasteiger partial charge in [-0.1, -0.05) is 59.7 Å². The molecule has 0 bridgehead atoms. The Morgan fingerprint density at radius 3 is 1.23 bits per heavy atom. The van der Waals surface area contributed by atoms with Crippen molar-refractivity contribution in [3.63, 3.8) is 0 Å². The van der Waals surface area contributed by atoms with Crippen LogP contribution in [0, 0.1) is 13.8 Å². The molecule has 0 aliphatic rings. The summed E-state index contributed by atoms with van der Waals surface area (Å²) in [5, 5.41) is 4.50. The van der Waals surface area contributed by atoms with Crippen LogP contribution < -0.4 is 0 Å². The lowest BCUT2D eigenvalue weighted by atomic mass is 10.1. The smallest absolute Gasteiger partial charge is 0.135 e. The lowest BCUT2D eigenvalue weighted by molar-refractivity contribution is 0.631. The molecule has 0 radical (unpaired) electrons. The van der Waals surface area contributed by atoms with Gasteiger partial charge in [-0.15, -0.1) is 0 Å². The van der Waals surface area contributed by atoms with E-state index in [9.17, 15) is 0 Å². The van der Waals surface area contributed by atoms with E-state index < -0.39 is 0 Å². The van der Waals surface area contributed by atoms with Gasteiger partial charge in [0.25, 0.3) is 0 Å². The first-order valence-corrected chi connectivity index (χ1v) is 10.2. The number of benzene rings is 4. The number of furan rings is 2. The van der Waals surface area contributed by atoms with Crippen molar-refractivity contribution >= 4 is 32.7 Å². The Labute approximate surface area is 174 Å². The van der Waals surface area contributed by atoms with E-state index in [1.807, 2.05) is 0 Å². The lowest BCUT2D eigenvalue weighted by Gasteiger charge is -1.98. The molecule has 0 N–H and O–H groups in total. The molecular formula is C28H20O2. The van der Waals surface area contributed by atoms with Crippen molar-refractivity contribution in [1.82, 2.24) is 0 Å². The second kappa shape index (κ2) is 6.36. The van der Waals surface area contributed by atoms with Crippen molar-refractivity contribution in [2.45, 2.75) is 13.8 Å². The third-order valence-corrected chi connectivity index (χ3v) is 5.78. The molecule has 0 atom stereocenters. The zero-order valence-corrected chi connectivity index (χ0v) is 16.9. The maximum Gasteiger partial charge on any atom is 0.135 e. The highest BCUT2D eigenvalue weighted by Crippen LogP contribution is 2.35. The minimum absolute atomic E-state index is 0.894. The van der Waals surface area contributed by atoms with E-state index in [0.29, 0.717) is 0 Å². The van der Waals surface area contributed by atoms with Crippen LogP contribution in [0.4, 0.5) is 0 Å². The van der Waals surface area contributed by atoms with Crippen LogP contribution in [0.3, 0.4) is 0 Å². The molecule has 2 heterocycles. The molecule has 0 unspecified atom stereocenters. The van der Waals surface area contributed by atoms with Gasteiger partial charge in [-0.2, -0.15) is 0 Å². The van der Waals surface area contributed by atoms with Gasteiger partial charge in [-0.3, -0.25) is 0 Å². The molecule has 0 aliphatic heterocycles. The topological polar surface area (TPSA) is 26.3 Å². The quantitative estimate of drug-likeness (QED) is 0.298. The molecule has 6 rings (SSSR count). The molecule has 2 aromatic heterocycles. The second-order valence-electron chi connectivity index (χ2n) is 8.08. The molecule has 2 nitrogen and oxygen atoms in total. The van der Waals surface area contributed by atoms with E-state index in [0.717, 1.165) is 55.4 Å². The van der Waals surface area contributed by atoms with Crippen LogP contribution in [-0.4, -0.2) is 0 Å². The first kappa shape index (κ1) is 17.1. The predicted octanol–water partition coefficient (Wildman–Crippen LogP) is 8.28. The van der Waals surface area contributed by atoms with Crippen LogP contribution in [0.5, 0.6) is 0 Å². The number of hydrogen-bond acceptors (Lipinski definition) is 2. The van der Waals surface area contributed by atoms with Gasteiger partial charge in [0.05, 0.1) is 0 Å². The van der Waals surface area contributed by atoms with E-state index in [-0.39, 0.29) is 0 Å². The Kier molecular flexibility index (Phi) is 3.63. The Bertz CT molecular complexity index is 1340. The monoisotopic (exact) mass is 388 g/mol. The molecule has 0 amide bonds. The highest BCUT2D eigenvalue weighted by molar-refractivity contribution is 6.03. The Morgan fingerprint density at radius 2 is 0.833 bits per heavy atom. The summed E-state index contributed by atoms with van der Waals surface area (Å²) in [6.45, 7) is 4.18. The number of aryl methyl sites for hydroxylation is 2. The van der Waals surface area contributed by atoms with Gasteiger partial charge in [0.1, 0.15) is 22.7 Å². The normalized spacial score (nSPS) is 11.7. The summed E-state index contributed by atoms with van der Waals surface area (Å²) >= 11 is 0. The molecule has 30 heavy (non-hydrogen) atoms. The van der Waals surface area contributed by atoms with E-state index in [4.69, 9.17) is 8.83 Å². The SMILES string of the molecule is Cc1ccc(-c2cc3cc4cc5oc(-c6ccc(C)cc6)cc5cc4cc3o2)cc1. The number of hydrogen-bond donors (Lipinski definition) is 0. The fourth-order valence-corrected chi connectivity index (χ4v) is 4.04. The van der Waals surface area contributed by atoms with Gasteiger partial charge in [-0.05, 0) is 61.0 Å². The average molecular weight is 388 g/mol. The van der Waals surface area contributed by atoms with Crippen molar-refractivity contribution in [1.29, 1.82) is 0 Å². The molecular weight excluding hydrogens is 368 g/mol. The highest BCUT2D eigenvalue weighted by Gasteiger charge is 2.11. The minimum Gasteiger partial charge on any atom is -0.456 e. The Morgan fingerprint density at radius 1 is 0.433 bits per heavy atom. The fourth-order valence-electron chi connectivity index (χ4n) is 4.04. The van der Waals surface area contributed by atoms with E-state index >= 15 is 0 Å². The molecule has 0 aliphatic carbocycles. The van der Waals surface area contributed by atoms with E-state index in [1.54, 1.807) is 0 Å². The number of rotatable bonds is 2. The zero-order valence-electron chi connectivity index (χ0n) is 16.9. The summed E-state index contributed by atoms with van der Waals surface area (Å²) < 4.78 is 12.4. The molecule has 4 aromatic carbocycles. The van der Waals surface area contributed by atoms with Crippen LogP contribution in [0.15, 0.2) is 93.8 Å². The van der Waals surface area contributed by atoms with Crippen molar-refractivity contribution in [3.05, 3.63) is 96.1 Å². The molecule has 6 aromatic rings. The van der Waals surface area contributed by atoms with Crippen molar-refractivity contribution in [2.75, 3.05) is 0 Å². The predicted molar refractivity (Wildman–Crippen MR) is 124 cm³/mol. The zero-order chi connectivity index (χ0) is 20.2. The summed E-state index contributed by atoms with van der Waals surface area (Å²) in [5.74, 6) is 1.79. The van der Waals surface area contributed by atoms with Crippen LogP contribution in [0.25, 0.3) is 55.4 Å². The lowest BCUT2D eigenvalue weighted by Crippen LogP contribution is -1.74. The molecule has 0 spiro atoms. The van der Waals surface area contributed by atoms with Gasteiger partial charge < -0.3 is 8.83 Å². The molecule has 144 valence electrons. The summed E-state index contributed by atoms with van der Waals surface area (Å²) in [6.07, 6.45) is 0. The van der Waals surface area contributed by atoms with Crippen molar-refractivity contribution < 1.29 is 8.83 Å². The summed E-state index contributed by atoms with van der Waals surface area (Å²) in [5.41, 5.74) is 6.48. The maximum absolute atomic E-state index is 6.18. The molecule has 0 fully saturated rings. The third-order valence-electron chi connectivity index (χ3n) is 5.78. The van der Waals surface area contributed by atoms with Gasteiger partial charge in [0.2, 0.25) is 0 Å². The Hall–Kier alpha value is -3.78. The average Bonchev–Trinajstić information content (AvgIpc) is 3.34. The highest BCUT2D eigenvalue weighted by atomic mass is 16.3. The summed E-state index contributed by atoms with van der Waals surface area (Å²) in [7, 11) is 0. The molecule has 0 saturated heterocycles. The van der Waals surface area contributed by atoms with E-state index in [1.165, 1.54) is 11.1 Å². The van der Waals surface area contributed by atoms with Gasteiger partial charge in [0, 0.05) is 21.9 Å². The third kappa shape index (κ3) is 2.81. The van der Waals surface area contributed by atoms with Crippen LogP contribution >= 0.6 is 0 Å². The largest absolute Gasteiger partial charge is 0.456 e. The van der Waals surface area contributed by atoms with Crippen LogP contribution in [0.2, 0.25) is 0 Å². The first-order valence-electron chi connectivity index (χ1n) is 10.2. The van der Waals surface area contributed by atoms with E-state index in [2.05, 4.69) is 98.8 Å². The standard InChI is InChI=1S/C28H20O2/c1-17-3-7-19(8-4-17)25-15-23-11-21-14-28-24(12-22(21)13-27(23)29-25)16-26(30-28)20-9-5-18(2)6-10-20/h3-16H,1-2H3. The summed E-state index contributed by atoms with van der Waals surface area (Å²) in [6, 6.07) is 29.7. The fraction of sp³-hybridized carbons (Fsp3) is 0.0714. The van der Waals surface area contributed by atoms with Crippen LogP contribution in [-0.2, 0) is 0 Å². The maximum atomic E-state index is 6.18.